The molecule has 1 aromatic rings. The zero-order valence-electron chi connectivity index (χ0n) is 12.3. The van der Waals surface area contributed by atoms with Gasteiger partial charge < -0.3 is 10.6 Å². The van der Waals surface area contributed by atoms with Gasteiger partial charge in [0.05, 0.1) is 11.5 Å². The number of hydrogen-bond donors (Lipinski definition) is 2. The van der Waals surface area contributed by atoms with Crippen molar-refractivity contribution in [2.45, 2.75) is 19.8 Å². The zero-order valence-corrected chi connectivity index (χ0v) is 14.0. The fourth-order valence-electron chi connectivity index (χ4n) is 2.34. The largest absolute Gasteiger partial charge is 0.357 e. The van der Waals surface area contributed by atoms with Crippen LogP contribution in [0.25, 0.3) is 0 Å². The summed E-state index contributed by atoms with van der Waals surface area (Å²) in [5.41, 5.74) is 0. The number of thiophene rings is 1. The minimum Gasteiger partial charge on any atom is -0.357 e. The van der Waals surface area contributed by atoms with Crippen LogP contribution in [-0.2, 0) is 16.3 Å². The Hall–Kier alpha value is -1.08. The molecule has 1 fully saturated rings. The summed E-state index contributed by atoms with van der Waals surface area (Å²) in [4.78, 5) is 5.86. The standard InChI is InChI=1S/C14H23N3O2S2/c1-2-15-14(16-7-5-13-4-3-8-20-13)17-10-12-6-9-21(18,19)11-12/h3-4,8,12H,2,5-7,9-11H2,1H3,(H2,15,16,17). The van der Waals surface area contributed by atoms with Crippen LogP contribution in [0, 0.1) is 5.92 Å². The third kappa shape index (κ3) is 5.67. The Labute approximate surface area is 130 Å². The van der Waals surface area contributed by atoms with Crippen LogP contribution in [0.2, 0.25) is 0 Å². The van der Waals surface area contributed by atoms with Crippen molar-refractivity contribution >= 4 is 27.1 Å². The van der Waals surface area contributed by atoms with Crippen molar-refractivity contribution in [3.05, 3.63) is 22.4 Å². The SMILES string of the molecule is CCNC(=NCC1CCS(=O)(=O)C1)NCCc1cccs1. The lowest BCUT2D eigenvalue weighted by Gasteiger charge is -2.12. The normalized spacial score (nSPS) is 21.4. The van der Waals surface area contributed by atoms with Crippen molar-refractivity contribution in [3.8, 4) is 0 Å². The molecule has 1 aromatic heterocycles. The van der Waals surface area contributed by atoms with Crippen LogP contribution in [0.15, 0.2) is 22.5 Å². The van der Waals surface area contributed by atoms with E-state index >= 15 is 0 Å². The van der Waals surface area contributed by atoms with E-state index in [-0.39, 0.29) is 11.7 Å². The van der Waals surface area contributed by atoms with E-state index in [1.807, 2.05) is 6.92 Å². The van der Waals surface area contributed by atoms with Gasteiger partial charge in [-0.15, -0.1) is 11.3 Å². The Morgan fingerprint density at radius 1 is 1.48 bits per heavy atom. The molecule has 5 nitrogen and oxygen atoms in total. The van der Waals surface area contributed by atoms with E-state index in [0.29, 0.717) is 12.3 Å². The first-order valence-corrected chi connectivity index (χ1v) is 10.0. The van der Waals surface area contributed by atoms with Gasteiger partial charge in [-0.25, -0.2) is 8.42 Å². The number of hydrogen-bond acceptors (Lipinski definition) is 4. The molecule has 0 amide bonds. The van der Waals surface area contributed by atoms with Crippen molar-refractivity contribution in [3.63, 3.8) is 0 Å². The van der Waals surface area contributed by atoms with Crippen LogP contribution in [0.5, 0.6) is 0 Å². The molecule has 1 saturated heterocycles. The molecular formula is C14H23N3O2S2. The van der Waals surface area contributed by atoms with Gasteiger partial charge in [0.15, 0.2) is 15.8 Å². The summed E-state index contributed by atoms with van der Waals surface area (Å²) in [7, 11) is -2.81. The van der Waals surface area contributed by atoms with Gasteiger partial charge in [0.2, 0.25) is 0 Å². The maximum atomic E-state index is 11.4. The van der Waals surface area contributed by atoms with E-state index in [1.54, 1.807) is 11.3 Å². The molecule has 1 aliphatic rings. The molecule has 1 unspecified atom stereocenters. The second-order valence-electron chi connectivity index (χ2n) is 5.24. The van der Waals surface area contributed by atoms with Gasteiger partial charge in [0.1, 0.15) is 0 Å². The summed E-state index contributed by atoms with van der Waals surface area (Å²) in [5.74, 6) is 1.54. The van der Waals surface area contributed by atoms with Crippen molar-refractivity contribution in [2.24, 2.45) is 10.9 Å². The van der Waals surface area contributed by atoms with Gasteiger partial charge in [-0.1, -0.05) is 6.07 Å². The molecule has 0 spiro atoms. The van der Waals surface area contributed by atoms with Crippen LogP contribution >= 0.6 is 11.3 Å². The van der Waals surface area contributed by atoms with Crippen LogP contribution in [0.4, 0.5) is 0 Å². The fourth-order valence-corrected chi connectivity index (χ4v) is 4.90. The Morgan fingerprint density at radius 3 is 2.95 bits per heavy atom. The van der Waals surface area contributed by atoms with E-state index in [2.05, 4.69) is 33.1 Å². The number of aliphatic imine (C=N–C) groups is 1. The molecule has 0 aliphatic carbocycles. The molecule has 2 N–H and O–H groups in total. The van der Waals surface area contributed by atoms with Crippen LogP contribution in [0.3, 0.4) is 0 Å². The minimum absolute atomic E-state index is 0.169. The average molecular weight is 329 g/mol. The first-order chi connectivity index (χ1) is 10.1. The third-order valence-corrected chi connectivity index (χ3v) is 6.20. The fraction of sp³-hybridized carbons (Fsp3) is 0.643. The quantitative estimate of drug-likeness (QED) is 0.609. The smallest absolute Gasteiger partial charge is 0.191 e. The molecule has 2 rings (SSSR count). The number of rotatable bonds is 6. The van der Waals surface area contributed by atoms with E-state index in [1.165, 1.54) is 4.88 Å². The summed E-state index contributed by atoms with van der Waals surface area (Å²) in [5, 5.41) is 8.58. The highest BCUT2D eigenvalue weighted by Gasteiger charge is 2.27. The van der Waals surface area contributed by atoms with E-state index < -0.39 is 9.84 Å². The van der Waals surface area contributed by atoms with Crippen molar-refractivity contribution in [2.75, 3.05) is 31.1 Å². The summed E-state index contributed by atoms with van der Waals surface area (Å²) >= 11 is 1.75. The average Bonchev–Trinajstić information content (AvgIpc) is 3.05. The molecular weight excluding hydrogens is 306 g/mol. The van der Waals surface area contributed by atoms with Gasteiger partial charge >= 0.3 is 0 Å². The second-order valence-corrected chi connectivity index (χ2v) is 8.51. The highest BCUT2D eigenvalue weighted by atomic mass is 32.2. The van der Waals surface area contributed by atoms with E-state index in [0.717, 1.165) is 31.9 Å². The Morgan fingerprint density at radius 2 is 2.33 bits per heavy atom. The van der Waals surface area contributed by atoms with Crippen molar-refractivity contribution < 1.29 is 8.42 Å². The lowest BCUT2D eigenvalue weighted by atomic mass is 10.1. The predicted molar refractivity (Wildman–Crippen MR) is 88.8 cm³/mol. The number of guanidine groups is 1. The molecule has 0 bridgehead atoms. The second kappa shape index (κ2) is 7.79. The number of sulfone groups is 1. The van der Waals surface area contributed by atoms with Gasteiger partial charge in [-0.3, -0.25) is 4.99 Å². The third-order valence-electron chi connectivity index (χ3n) is 3.42. The summed E-state index contributed by atoms with van der Waals surface area (Å²) in [6.07, 6.45) is 1.71. The first-order valence-electron chi connectivity index (χ1n) is 7.34. The van der Waals surface area contributed by atoms with Crippen LogP contribution in [0.1, 0.15) is 18.2 Å². The van der Waals surface area contributed by atoms with Crippen molar-refractivity contribution in [1.82, 2.24) is 10.6 Å². The molecule has 0 radical (unpaired) electrons. The first kappa shape index (κ1) is 16.3. The summed E-state index contributed by atoms with van der Waals surface area (Å²) in [6, 6.07) is 4.18. The lowest BCUT2D eigenvalue weighted by molar-refractivity contribution is 0.589. The van der Waals surface area contributed by atoms with E-state index in [4.69, 9.17) is 0 Å². The maximum absolute atomic E-state index is 11.4. The van der Waals surface area contributed by atoms with Gasteiger partial charge in [-0.05, 0) is 37.1 Å². The zero-order chi connectivity index (χ0) is 15.1. The minimum atomic E-state index is -2.81. The molecule has 7 heteroatoms. The van der Waals surface area contributed by atoms with Gasteiger partial charge in [-0.2, -0.15) is 0 Å². The Bertz CT molecular complexity index is 553. The summed E-state index contributed by atoms with van der Waals surface area (Å²) in [6.45, 7) is 4.23. The highest BCUT2D eigenvalue weighted by Crippen LogP contribution is 2.18. The van der Waals surface area contributed by atoms with E-state index in [9.17, 15) is 8.42 Å². The molecule has 2 heterocycles. The van der Waals surface area contributed by atoms with Gasteiger partial charge in [0.25, 0.3) is 0 Å². The lowest BCUT2D eigenvalue weighted by Crippen LogP contribution is -2.38. The van der Waals surface area contributed by atoms with Crippen LogP contribution < -0.4 is 10.6 Å². The molecule has 21 heavy (non-hydrogen) atoms. The van der Waals surface area contributed by atoms with Crippen LogP contribution in [-0.4, -0.2) is 45.5 Å². The maximum Gasteiger partial charge on any atom is 0.191 e. The highest BCUT2D eigenvalue weighted by molar-refractivity contribution is 7.91. The summed E-state index contributed by atoms with van der Waals surface area (Å²) < 4.78 is 22.9. The molecule has 0 aromatic carbocycles. The molecule has 0 saturated carbocycles. The van der Waals surface area contributed by atoms with Gasteiger partial charge in [0, 0.05) is 24.5 Å². The molecule has 118 valence electrons. The Kier molecular flexibility index (Phi) is 6.05. The predicted octanol–water partition coefficient (Wildman–Crippen LogP) is 1.28. The Balaban J connectivity index is 1.78. The monoisotopic (exact) mass is 329 g/mol. The molecule has 1 atom stereocenters. The van der Waals surface area contributed by atoms with Crippen molar-refractivity contribution in [1.29, 1.82) is 0 Å². The number of nitrogens with zero attached hydrogens (tertiary/aromatic N) is 1. The molecule has 1 aliphatic heterocycles. The topological polar surface area (TPSA) is 70.6 Å². The number of nitrogens with one attached hydrogen (secondary N) is 2.